The standard InChI is InChI=1S/C26H30FN3O2S/c1-4-20-13-21-23(33-20)14-22-24(31)30(19-7-5-6-17(27)12-19)26(3,15-29(21)22)25(32)28-18-10-8-16(2)9-11-18/h5-7,12-14,16,18H,4,8-11,15H2,1-3H3,(H,28,32)/t16?,18?,26-/m1/s1. The van der Waals surface area contributed by atoms with Crippen LogP contribution >= 0.6 is 11.3 Å². The summed E-state index contributed by atoms with van der Waals surface area (Å²) in [5.74, 6) is -0.212. The van der Waals surface area contributed by atoms with Gasteiger partial charge in [0.2, 0.25) is 5.91 Å². The van der Waals surface area contributed by atoms with Crippen LogP contribution in [-0.2, 0) is 17.8 Å². The molecular formula is C26H30FN3O2S. The number of amides is 2. The Bertz CT molecular complexity index is 1220. The van der Waals surface area contributed by atoms with Crippen LogP contribution < -0.4 is 10.2 Å². The lowest BCUT2D eigenvalue weighted by molar-refractivity contribution is -0.127. The lowest BCUT2D eigenvalue weighted by atomic mass is 9.86. The van der Waals surface area contributed by atoms with E-state index >= 15 is 0 Å². The molecule has 7 heteroatoms. The van der Waals surface area contributed by atoms with Crippen LogP contribution in [0.2, 0.25) is 0 Å². The Hall–Kier alpha value is -2.67. The monoisotopic (exact) mass is 467 g/mol. The fraction of sp³-hybridized carbons (Fsp3) is 0.462. The highest BCUT2D eigenvalue weighted by molar-refractivity contribution is 7.19. The molecule has 5 rings (SSSR count). The summed E-state index contributed by atoms with van der Waals surface area (Å²) in [6.07, 6.45) is 4.99. The van der Waals surface area contributed by atoms with E-state index in [1.54, 1.807) is 30.4 Å². The maximum absolute atomic E-state index is 14.2. The molecule has 1 aliphatic carbocycles. The number of carbonyl (C=O) groups excluding carboxylic acids is 2. The van der Waals surface area contributed by atoms with E-state index in [1.165, 1.54) is 21.9 Å². The van der Waals surface area contributed by atoms with Gasteiger partial charge >= 0.3 is 0 Å². The lowest BCUT2D eigenvalue weighted by Gasteiger charge is -2.44. The van der Waals surface area contributed by atoms with E-state index in [0.717, 1.165) is 42.3 Å². The van der Waals surface area contributed by atoms with E-state index in [-0.39, 0.29) is 17.9 Å². The summed E-state index contributed by atoms with van der Waals surface area (Å²) in [5, 5.41) is 3.23. The molecule has 1 N–H and O–H groups in total. The third-order valence-electron chi connectivity index (χ3n) is 7.28. The molecule has 0 spiro atoms. The number of nitrogens with zero attached hydrogens (tertiary/aromatic N) is 2. The SMILES string of the molecule is CCc1cc2c(cc3n2C[C@](C)(C(=O)NC2CCC(C)CC2)N(c2cccc(F)c2)C3=O)s1. The minimum Gasteiger partial charge on any atom is -0.351 e. The second-order valence-corrected chi connectivity index (χ2v) is 10.9. The quantitative estimate of drug-likeness (QED) is 0.549. The Kier molecular flexibility index (Phi) is 5.55. The van der Waals surface area contributed by atoms with Crippen molar-refractivity contribution in [2.45, 2.75) is 71.0 Å². The van der Waals surface area contributed by atoms with Gasteiger partial charge in [0.15, 0.2) is 0 Å². The van der Waals surface area contributed by atoms with Gasteiger partial charge in [-0.15, -0.1) is 11.3 Å². The zero-order valence-electron chi connectivity index (χ0n) is 19.4. The number of halogens is 1. The van der Waals surface area contributed by atoms with Gasteiger partial charge in [0.25, 0.3) is 5.91 Å². The molecule has 2 aromatic heterocycles. The van der Waals surface area contributed by atoms with Crippen molar-refractivity contribution >= 4 is 39.1 Å². The van der Waals surface area contributed by atoms with Crippen LogP contribution in [0.25, 0.3) is 10.2 Å². The smallest absolute Gasteiger partial charge is 0.275 e. The molecule has 1 saturated carbocycles. The molecule has 1 atom stereocenters. The first-order valence-corrected chi connectivity index (χ1v) is 12.6. The number of rotatable bonds is 4. The Morgan fingerprint density at radius 2 is 1.97 bits per heavy atom. The number of carbonyl (C=O) groups is 2. The molecule has 5 nitrogen and oxygen atoms in total. The van der Waals surface area contributed by atoms with Crippen LogP contribution in [0.4, 0.5) is 10.1 Å². The van der Waals surface area contributed by atoms with Crippen LogP contribution in [0.15, 0.2) is 36.4 Å². The number of anilines is 1. The molecule has 1 fully saturated rings. The van der Waals surface area contributed by atoms with Gasteiger partial charge < -0.3 is 9.88 Å². The normalized spacial score (nSPS) is 25.3. The van der Waals surface area contributed by atoms with Crippen molar-refractivity contribution in [1.82, 2.24) is 9.88 Å². The molecule has 0 saturated heterocycles. The minimum atomic E-state index is -1.18. The number of nitrogens with one attached hydrogen (secondary N) is 1. The van der Waals surface area contributed by atoms with Crippen molar-refractivity contribution in [2.24, 2.45) is 5.92 Å². The number of thiophene rings is 1. The first kappa shape index (κ1) is 22.1. The van der Waals surface area contributed by atoms with Gasteiger partial charge in [0.1, 0.15) is 17.1 Å². The minimum absolute atomic E-state index is 0.105. The van der Waals surface area contributed by atoms with Gasteiger partial charge in [0.05, 0.1) is 16.8 Å². The second kappa shape index (κ2) is 8.28. The highest BCUT2D eigenvalue weighted by atomic mass is 32.1. The molecule has 174 valence electrons. The third-order valence-corrected chi connectivity index (χ3v) is 8.49. The largest absolute Gasteiger partial charge is 0.351 e. The summed E-state index contributed by atoms with van der Waals surface area (Å²) in [6.45, 7) is 6.48. The molecule has 0 unspecified atom stereocenters. The van der Waals surface area contributed by atoms with Crippen LogP contribution in [0.3, 0.4) is 0 Å². The molecule has 0 radical (unpaired) electrons. The number of fused-ring (bicyclic) bond motifs is 3. The van der Waals surface area contributed by atoms with Gasteiger partial charge in [0, 0.05) is 16.6 Å². The van der Waals surface area contributed by atoms with Crippen molar-refractivity contribution < 1.29 is 14.0 Å². The predicted octanol–water partition coefficient (Wildman–Crippen LogP) is 5.52. The zero-order valence-corrected chi connectivity index (χ0v) is 20.2. The Balaban J connectivity index is 1.58. The van der Waals surface area contributed by atoms with Crippen LogP contribution in [0, 0.1) is 11.7 Å². The summed E-state index contributed by atoms with van der Waals surface area (Å²) in [4.78, 5) is 30.4. The summed E-state index contributed by atoms with van der Waals surface area (Å²) in [6, 6.07) is 10.1. The van der Waals surface area contributed by atoms with Crippen molar-refractivity contribution in [3.05, 3.63) is 52.8 Å². The average Bonchev–Trinajstić information content (AvgIpc) is 3.34. The van der Waals surface area contributed by atoms with E-state index < -0.39 is 11.4 Å². The van der Waals surface area contributed by atoms with Crippen molar-refractivity contribution in [3.8, 4) is 0 Å². The van der Waals surface area contributed by atoms with E-state index in [1.807, 2.05) is 10.6 Å². The van der Waals surface area contributed by atoms with Gasteiger partial charge in [-0.2, -0.15) is 0 Å². The molecule has 1 aromatic carbocycles. The fourth-order valence-electron chi connectivity index (χ4n) is 5.27. The molecular weight excluding hydrogens is 437 g/mol. The number of aromatic nitrogens is 1. The highest BCUT2D eigenvalue weighted by Gasteiger charge is 2.49. The molecule has 1 aliphatic heterocycles. The number of benzene rings is 1. The second-order valence-electron chi connectivity index (χ2n) is 9.76. The summed E-state index contributed by atoms with van der Waals surface area (Å²) < 4.78 is 17.2. The van der Waals surface area contributed by atoms with E-state index in [4.69, 9.17) is 0 Å². The summed E-state index contributed by atoms with van der Waals surface area (Å²) >= 11 is 1.68. The van der Waals surface area contributed by atoms with Gasteiger partial charge in [-0.3, -0.25) is 14.5 Å². The topological polar surface area (TPSA) is 54.3 Å². The van der Waals surface area contributed by atoms with E-state index in [0.29, 0.717) is 23.8 Å². The molecule has 33 heavy (non-hydrogen) atoms. The summed E-state index contributed by atoms with van der Waals surface area (Å²) in [5.41, 5.74) is 0.755. The van der Waals surface area contributed by atoms with Crippen LogP contribution in [-0.4, -0.2) is 28.0 Å². The molecule has 2 amide bonds. The molecule has 3 aromatic rings. The van der Waals surface area contributed by atoms with Crippen LogP contribution in [0.1, 0.15) is 61.8 Å². The summed E-state index contributed by atoms with van der Waals surface area (Å²) in [7, 11) is 0. The number of aryl methyl sites for hydroxylation is 1. The maximum atomic E-state index is 14.2. The van der Waals surface area contributed by atoms with E-state index in [9.17, 15) is 14.0 Å². The molecule has 0 bridgehead atoms. The van der Waals surface area contributed by atoms with Gasteiger partial charge in [-0.05, 0) is 75.3 Å². The van der Waals surface area contributed by atoms with Crippen molar-refractivity contribution in [2.75, 3.05) is 4.90 Å². The third kappa shape index (κ3) is 3.76. The van der Waals surface area contributed by atoms with Gasteiger partial charge in [-0.25, -0.2) is 4.39 Å². The Morgan fingerprint density at radius 3 is 2.67 bits per heavy atom. The highest BCUT2D eigenvalue weighted by Crippen LogP contribution is 2.39. The maximum Gasteiger partial charge on any atom is 0.275 e. The van der Waals surface area contributed by atoms with Gasteiger partial charge in [-0.1, -0.05) is 19.9 Å². The van der Waals surface area contributed by atoms with E-state index in [2.05, 4.69) is 25.2 Å². The first-order valence-electron chi connectivity index (χ1n) is 11.8. The number of hydrogen-bond donors (Lipinski definition) is 1. The fourth-order valence-corrected chi connectivity index (χ4v) is 6.31. The number of hydrogen-bond acceptors (Lipinski definition) is 3. The molecule has 2 aliphatic rings. The Labute approximate surface area is 197 Å². The molecule has 3 heterocycles. The Morgan fingerprint density at radius 1 is 1.21 bits per heavy atom. The van der Waals surface area contributed by atoms with Crippen molar-refractivity contribution in [3.63, 3.8) is 0 Å². The average molecular weight is 468 g/mol. The van der Waals surface area contributed by atoms with Crippen LogP contribution in [0.5, 0.6) is 0 Å². The predicted molar refractivity (Wildman–Crippen MR) is 130 cm³/mol. The first-order chi connectivity index (χ1) is 15.8. The zero-order chi connectivity index (χ0) is 23.3. The lowest BCUT2D eigenvalue weighted by Crippen LogP contribution is -2.65. The van der Waals surface area contributed by atoms with Crippen molar-refractivity contribution in [1.29, 1.82) is 0 Å².